The summed E-state index contributed by atoms with van der Waals surface area (Å²) in [6.07, 6.45) is 1.40. The third kappa shape index (κ3) is 76.3. The third-order valence-corrected chi connectivity index (χ3v) is 11.8. The lowest BCUT2D eigenvalue weighted by molar-refractivity contribution is -0.141. The Morgan fingerprint density at radius 3 is 0.598 bits per heavy atom. The Hall–Kier alpha value is -2.68. The molecule has 0 unspecified atom stereocenters. The summed E-state index contributed by atoms with van der Waals surface area (Å²) in [7, 11) is 0. The fourth-order valence-corrected chi connectivity index (χ4v) is 6.93. The zero-order valence-corrected chi connectivity index (χ0v) is 56.0. The van der Waals surface area contributed by atoms with Crippen molar-refractivity contribution in [3.05, 3.63) is 0 Å². The van der Waals surface area contributed by atoms with E-state index < -0.39 is 17.9 Å². The van der Waals surface area contributed by atoms with Gasteiger partial charge in [0.15, 0.2) is 0 Å². The predicted molar refractivity (Wildman–Crippen MR) is 333 cm³/mol. The van der Waals surface area contributed by atoms with Crippen LogP contribution in [-0.4, -0.2) is 352 Å². The Bertz CT molecular complexity index is 1530. The lowest BCUT2D eigenvalue weighted by Gasteiger charge is -2.12. The second-order valence-electron chi connectivity index (χ2n) is 19.8. The van der Waals surface area contributed by atoms with Crippen molar-refractivity contribution in [2.24, 2.45) is 5.92 Å². The highest BCUT2D eigenvalue weighted by atomic mass is 16.6. The molecule has 0 aliphatic heterocycles. The maximum atomic E-state index is 12.0. The largest absolute Gasteiger partial charge is 0.480 e. The van der Waals surface area contributed by atoms with Crippen LogP contribution in [0.1, 0.15) is 52.9 Å². The predicted octanol–water partition coefficient (Wildman–Crippen LogP) is 1.72. The van der Waals surface area contributed by atoms with Gasteiger partial charge in [-0.3, -0.25) is 14.4 Å². The van der Waals surface area contributed by atoms with Gasteiger partial charge in [-0.25, -0.2) is 4.79 Å². The second kappa shape index (κ2) is 77.3. The fraction of sp³-hybridized carbons (Fsp3) is 0.935. The standard InChI is InChI=1S/C62H119NO29/c1-57(2)61(66)8-10-70-12-14-72-16-18-74-20-22-76-24-26-78-28-30-80-32-34-82-36-38-84-40-42-86-44-46-88-48-50-90-52-54-92-56-55-91-53-51-89-49-47-87-45-43-85-41-39-83-37-35-81-33-31-79-29-27-77-25-23-75-21-19-73-17-15-71-13-11-69-9-4-5-59(65)6-7-60(62(67)68)63-58(3)64/h57,60H,4-56H2,1-3H3,(H,63,64)(H,67,68)/t60-/m0/s1. The number of nitrogens with one attached hydrogen (secondary N) is 1. The van der Waals surface area contributed by atoms with Gasteiger partial charge in [0, 0.05) is 38.7 Å². The Labute approximate surface area is 547 Å². The Morgan fingerprint density at radius 1 is 0.261 bits per heavy atom. The summed E-state index contributed by atoms with van der Waals surface area (Å²) in [4.78, 5) is 45.7. The number of ketones is 2. The minimum Gasteiger partial charge on any atom is -0.480 e. The summed E-state index contributed by atoms with van der Waals surface area (Å²) in [5, 5.41) is 11.4. The summed E-state index contributed by atoms with van der Waals surface area (Å²) < 4.78 is 132. The van der Waals surface area contributed by atoms with Crippen LogP contribution in [0.5, 0.6) is 0 Å². The topological polar surface area (TPSA) is 322 Å². The summed E-state index contributed by atoms with van der Waals surface area (Å²) in [5.74, 6) is -1.42. The maximum Gasteiger partial charge on any atom is 0.326 e. The highest BCUT2D eigenvalue weighted by Crippen LogP contribution is 2.04. The van der Waals surface area contributed by atoms with E-state index in [4.69, 9.17) is 119 Å². The summed E-state index contributed by atoms with van der Waals surface area (Å²) in [6.45, 7) is 27.3. The molecule has 0 heterocycles. The van der Waals surface area contributed by atoms with E-state index in [0.717, 1.165) is 0 Å². The fourth-order valence-electron chi connectivity index (χ4n) is 6.93. The molecule has 0 rings (SSSR count). The normalized spacial score (nSPS) is 12.0. The van der Waals surface area contributed by atoms with Crippen molar-refractivity contribution >= 4 is 23.4 Å². The van der Waals surface area contributed by atoms with Crippen LogP contribution in [0.4, 0.5) is 0 Å². The van der Waals surface area contributed by atoms with E-state index in [1.54, 1.807) is 0 Å². The van der Waals surface area contributed by atoms with Crippen LogP contribution in [0.15, 0.2) is 0 Å². The number of hydrogen-bond donors (Lipinski definition) is 2. The smallest absolute Gasteiger partial charge is 0.326 e. The summed E-state index contributed by atoms with van der Waals surface area (Å²) in [6, 6.07) is -1.06. The molecular weight excluding hydrogens is 1220 g/mol. The molecule has 30 heteroatoms. The summed E-state index contributed by atoms with van der Waals surface area (Å²) >= 11 is 0. The number of carboxylic acids is 1. The molecule has 0 spiro atoms. The molecule has 0 aromatic carbocycles. The molecule has 2 N–H and O–H groups in total. The lowest BCUT2D eigenvalue weighted by Crippen LogP contribution is -2.39. The first-order valence-electron chi connectivity index (χ1n) is 32.6. The van der Waals surface area contributed by atoms with Crippen molar-refractivity contribution in [3.63, 3.8) is 0 Å². The van der Waals surface area contributed by atoms with Crippen molar-refractivity contribution in [2.45, 2.75) is 58.9 Å². The number of hydrogen-bond acceptors (Lipinski definition) is 28. The van der Waals surface area contributed by atoms with E-state index in [9.17, 15) is 19.2 Å². The Balaban J connectivity index is 3.14. The summed E-state index contributed by atoms with van der Waals surface area (Å²) in [5.41, 5.74) is 0. The number of rotatable bonds is 82. The first-order chi connectivity index (χ1) is 45.2. The molecule has 0 aromatic rings. The first-order valence-corrected chi connectivity index (χ1v) is 32.6. The number of Topliss-reactive ketones (excluding diaryl/α,β-unsaturated/α-hetero) is 2. The zero-order valence-electron chi connectivity index (χ0n) is 56.0. The average Bonchev–Trinajstić information content (AvgIpc) is 3.76. The van der Waals surface area contributed by atoms with E-state index in [1.807, 2.05) is 13.8 Å². The van der Waals surface area contributed by atoms with Gasteiger partial charge in [0.1, 0.15) is 17.6 Å². The Kier molecular flexibility index (Phi) is 75.1. The van der Waals surface area contributed by atoms with Gasteiger partial charge in [0.25, 0.3) is 0 Å². The van der Waals surface area contributed by atoms with Crippen molar-refractivity contribution < 1.29 is 138 Å². The molecule has 0 radical (unpaired) electrons. The SMILES string of the molecule is CC(=O)N[C@@H](CCC(=O)CCCOCCOCCOCCOCCOCCOCCOCCOCCOCCOCCOCCOCCOCCOCCOCCOCCOCCOCCOCCOCCOCCOCCOCCOCCC(=O)C(C)C)C(=O)O. The van der Waals surface area contributed by atoms with Crippen LogP contribution in [-0.2, 0) is 133 Å². The molecule has 0 bridgehead atoms. The van der Waals surface area contributed by atoms with Crippen molar-refractivity contribution in [2.75, 3.05) is 317 Å². The van der Waals surface area contributed by atoms with Crippen LogP contribution < -0.4 is 5.32 Å². The zero-order chi connectivity index (χ0) is 66.6. The van der Waals surface area contributed by atoms with Gasteiger partial charge in [-0.2, -0.15) is 0 Å². The quantitative estimate of drug-likeness (QED) is 0.0819. The van der Waals surface area contributed by atoms with Gasteiger partial charge in [-0.15, -0.1) is 0 Å². The molecule has 1 atom stereocenters. The molecule has 0 saturated heterocycles. The monoisotopic (exact) mass is 1340 g/mol. The van der Waals surface area contributed by atoms with Crippen LogP contribution in [0.2, 0.25) is 0 Å². The average molecular weight is 1340 g/mol. The van der Waals surface area contributed by atoms with Gasteiger partial charge in [-0.05, 0) is 12.8 Å². The van der Waals surface area contributed by atoms with Gasteiger partial charge in [0.2, 0.25) is 5.91 Å². The van der Waals surface area contributed by atoms with Crippen LogP contribution >= 0.6 is 0 Å². The van der Waals surface area contributed by atoms with E-state index in [-0.39, 0.29) is 36.7 Å². The molecule has 0 aliphatic rings. The van der Waals surface area contributed by atoms with Crippen molar-refractivity contribution in [1.82, 2.24) is 5.32 Å². The van der Waals surface area contributed by atoms with Crippen LogP contribution in [0, 0.1) is 5.92 Å². The second-order valence-corrected chi connectivity index (χ2v) is 19.8. The highest BCUT2D eigenvalue weighted by molar-refractivity contribution is 5.83. The van der Waals surface area contributed by atoms with Crippen LogP contribution in [0.25, 0.3) is 0 Å². The van der Waals surface area contributed by atoms with E-state index in [1.165, 1.54) is 6.92 Å². The van der Waals surface area contributed by atoms with Gasteiger partial charge in [0.05, 0.1) is 311 Å². The molecule has 0 aliphatic carbocycles. The highest BCUT2D eigenvalue weighted by Gasteiger charge is 2.19. The van der Waals surface area contributed by atoms with Gasteiger partial charge in [-0.1, -0.05) is 13.8 Å². The number of carbonyl (C=O) groups is 4. The minimum absolute atomic E-state index is 0.0476. The lowest BCUT2D eigenvalue weighted by atomic mass is 10.1. The van der Waals surface area contributed by atoms with Gasteiger partial charge >= 0.3 is 5.97 Å². The third-order valence-electron chi connectivity index (χ3n) is 11.8. The maximum absolute atomic E-state index is 12.0. The minimum atomic E-state index is -1.16. The molecule has 30 nitrogen and oxygen atoms in total. The molecule has 0 fully saturated rings. The van der Waals surface area contributed by atoms with Crippen molar-refractivity contribution in [1.29, 1.82) is 0 Å². The van der Waals surface area contributed by atoms with E-state index >= 15 is 0 Å². The number of aliphatic carboxylic acids is 1. The molecule has 0 saturated carbocycles. The number of carboxylic acid groups (broad SMARTS) is 1. The number of ether oxygens (including phenoxy) is 24. The number of amides is 1. The van der Waals surface area contributed by atoms with Gasteiger partial charge < -0.3 is 124 Å². The van der Waals surface area contributed by atoms with E-state index in [2.05, 4.69) is 5.32 Å². The van der Waals surface area contributed by atoms with Crippen LogP contribution in [0.3, 0.4) is 0 Å². The van der Waals surface area contributed by atoms with E-state index in [0.29, 0.717) is 330 Å². The Morgan fingerprint density at radius 2 is 0.435 bits per heavy atom. The molecule has 1 amide bonds. The van der Waals surface area contributed by atoms with Crippen molar-refractivity contribution in [3.8, 4) is 0 Å². The molecule has 0 aromatic heterocycles. The molecule has 92 heavy (non-hydrogen) atoms. The molecular formula is C62H119NO29. The first kappa shape index (κ1) is 89.3. The number of carbonyl (C=O) groups excluding carboxylic acids is 3. The molecule has 546 valence electrons.